The molecule has 1 aliphatic heterocycles. The smallest absolute Gasteiger partial charge is 0.317 e. The standard InChI is InChI=1S/C23H28N8O3/c1-30(2)23(34)28-17-6-4-10-31(18(17)13-32)19-12-26-20(21(24)33)22(29-19)27-15-7-8-16-14(11-15)5-3-9-25-16/h3,5,7-9,11-12,17-18,32H,4,6,10,13H2,1-2H3,(H2,24,33)(H,27,29)(H,28,34)/t17-,18-/m0/s1. The van der Waals surface area contributed by atoms with Crippen molar-refractivity contribution >= 4 is 40.2 Å². The van der Waals surface area contributed by atoms with E-state index in [4.69, 9.17) is 5.73 Å². The highest BCUT2D eigenvalue weighted by atomic mass is 16.3. The number of pyridine rings is 1. The van der Waals surface area contributed by atoms with E-state index < -0.39 is 11.9 Å². The number of carbonyl (C=O) groups is 2. The number of aliphatic hydroxyl groups is 1. The maximum absolute atomic E-state index is 12.2. The molecule has 0 saturated carbocycles. The lowest BCUT2D eigenvalue weighted by Gasteiger charge is -2.41. The van der Waals surface area contributed by atoms with Gasteiger partial charge < -0.3 is 31.3 Å². The Hall–Kier alpha value is -3.99. The number of hydrogen-bond donors (Lipinski definition) is 4. The summed E-state index contributed by atoms with van der Waals surface area (Å²) in [6.07, 6.45) is 4.70. The summed E-state index contributed by atoms with van der Waals surface area (Å²) in [6.45, 7) is 0.434. The van der Waals surface area contributed by atoms with Gasteiger partial charge in [0.2, 0.25) is 0 Å². The number of urea groups is 1. The number of carbonyl (C=O) groups excluding carboxylic acids is 2. The second-order valence-corrected chi connectivity index (χ2v) is 8.36. The quantitative estimate of drug-likeness (QED) is 0.428. The fourth-order valence-electron chi connectivity index (χ4n) is 4.10. The van der Waals surface area contributed by atoms with E-state index in [0.29, 0.717) is 18.1 Å². The summed E-state index contributed by atoms with van der Waals surface area (Å²) in [5.74, 6) is -0.0281. The van der Waals surface area contributed by atoms with E-state index in [2.05, 4.69) is 25.6 Å². The summed E-state index contributed by atoms with van der Waals surface area (Å²) < 4.78 is 0. The molecule has 0 spiro atoms. The number of hydrogen-bond acceptors (Lipinski definition) is 8. The molecule has 1 aromatic carbocycles. The third-order valence-corrected chi connectivity index (χ3v) is 5.83. The third-order valence-electron chi connectivity index (χ3n) is 5.83. The number of aliphatic hydroxyl groups excluding tert-OH is 1. The highest BCUT2D eigenvalue weighted by Gasteiger charge is 2.33. The predicted octanol–water partition coefficient (Wildman–Crippen LogP) is 1.47. The van der Waals surface area contributed by atoms with E-state index >= 15 is 0 Å². The topological polar surface area (TPSA) is 150 Å². The first kappa shape index (κ1) is 23.2. The molecular formula is C23H28N8O3. The van der Waals surface area contributed by atoms with Gasteiger partial charge in [-0.3, -0.25) is 9.78 Å². The first-order valence-electron chi connectivity index (χ1n) is 11.0. The summed E-state index contributed by atoms with van der Waals surface area (Å²) in [5.41, 5.74) is 7.09. The highest BCUT2D eigenvalue weighted by Crippen LogP contribution is 2.27. The number of anilines is 3. The first-order chi connectivity index (χ1) is 16.4. The molecule has 4 rings (SSSR count). The Morgan fingerprint density at radius 2 is 2.09 bits per heavy atom. The summed E-state index contributed by atoms with van der Waals surface area (Å²) in [6, 6.07) is 8.48. The van der Waals surface area contributed by atoms with Gasteiger partial charge in [-0.1, -0.05) is 6.07 Å². The van der Waals surface area contributed by atoms with E-state index in [1.54, 1.807) is 20.3 Å². The maximum atomic E-state index is 12.2. The molecule has 3 amide bonds. The Morgan fingerprint density at radius 1 is 1.26 bits per heavy atom. The summed E-state index contributed by atoms with van der Waals surface area (Å²) in [5, 5.41) is 17.2. The Labute approximate surface area is 197 Å². The zero-order chi connectivity index (χ0) is 24.2. The molecule has 1 aliphatic rings. The molecule has 11 nitrogen and oxygen atoms in total. The summed E-state index contributed by atoms with van der Waals surface area (Å²) in [4.78, 5) is 40.8. The fraction of sp³-hybridized carbons (Fsp3) is 0.348. The van der Waals surface area contributed by atoms with E-state index in [9.17, 15) is 14.7 Å². The molecule has 1 fully saturated rings. The van der Waals surface area contributed by atoms with Crippen molar-refractivity contribution in [3.63, 3.8) is 0 Å². The number of primary amides is 1. The minimum atomic E-state index is -0.711. The van der Waals surface area contributed by atoms with Gasteiger partial charge in [0, 0.05) is 37.9 Å². The van der Waals surface area contributed by atoms with Crippen LogP contribution in [0.5, 0.6) is 0 Å². The Kier molecular flexibility index (Phi) is 6.73. The van der Waals surface area contributed by atoms with Crippen LogP contribution in [0.4, 0.5) is 22.1 Å². The van der Waals surface area contributed by atoms with Gasteiger partial charge in [-0.15, -0.1) is 0 Å². The predicted molar refractivity (Wildman–Crippen MR) is 129 cm³/mol. The number of nitrogens with one attached hydrogen (secondary N) is 2. The van der Waals surface area contributed by atoms with Crippen molar-refractivity contribution in [2.75, 3.05) is 37.5 Å². The van der Waals surface area contributed by atoms with Gasteiger partial charge >= 0.3 is 6.03 Å². The average molecular weight is 465 g/mol. The molecule has 34 heavy (non-hydrogen) atoms. The second kappa shape index (κ2) is 9.87. The first-order valence-corrected chi connectivity index (χ1v) is 11.0. The van der Waals surface area contributed by atoms with Crippen LogP contribution in [0.3, 0.4) is 0 Å². The van der Waals surface area contributed by atoms with Crippen LogP contribution < -0.4 is 21.3 Å². The van der Waals surface area contributed by atoms with Crippen LogP contribution in [0.2, 0.25) is 0 Å². The van der Waals surface area contributed by atoms with E-state index in [0.717, 1.165) is 23.7 Å². The molecule has 0 aliphatic carbocycles. The zero-order valence-electron chi connectivity index (χ0n) is 19.1. The largest absolute Gasteiger partial charge is 0.394 e. The number of piperidine rings is 1. The highest BCUT2D eigenvalue weighted by molar-refractivity contribution is 5.96. The molecule has 2 aromatic heterocycles. The molecule has 0 bridgehead atoms. The number of amides is 3. The molecule has 3 aromatic rings. The normalized spacial score (nSPS) is 17.9. The molecule has 11 heteroatoms. The monoisotopic (exact) mass is 464 g/mol. The van der Waals surface area contributed by atoms with Gasteiger partial charge in [0.15, 0.2) is 11.5 Å². The molecular weight excluding hydrogens is 436 g/mol. The van der Waals surface area contributed by atoms with Crippen molar-refractivity contribution < 1.29 is 14.7 Å². The summed E-state index contributed by atoms with van der Waals surface area (Å²) >= 11 is 0. The van der Waals surface area contributed by atoms with Crippen LogP contribution in [0.25, 0.3) is 10.9 Å². The van der Waals surface area contributed by atoms with Gasteiger partial charge in [-0.05, 0) is 37.1 Å². The fourth-order valence-corrected chi connectivity index (χ4v) is 4.10. The lowest BCUT2D eigenvalue weighted by Crippen LogP contribution is -2.58. The number of nitrogens with two attached hydrogens (primary N) is 1. The number of benzene rings is 1. The third kappa shape index (κ3) is 4.84. The number of aromatic nitrogens is 3. The Balaban J connectivity index is 1.65. The Bertz CT molecular complexity index is 1200. The zero-order valence-corrected chi connectivity index (χ0v) is 19.1. The molecule has 5 N–H and O–H groups in total. The Morgan fingerprint density at radius 3 is 2.82 bits per heavy atom. The van der Waals surface area contributed by atoms with Crippen molar-refractivity contribution in [1.29, 1.82) is 0 Å². The van der Waals surface area contributed by atoms with Crippen LogP contribution in [0, 0.1) is 0 Å². The minimum absolute atomic E-state index is 0.00468. The average Bonchev–Trinajstić information content (AvgIpc) is 2.83. The van der Waals surface area contributed by atoms with Crippen molar-refractivity contribution in [2.45, 2.75) is 24.9 Å². The SMILES string of the molecule is CN(C)C(=O)N[C@H]1CCCN(c2cnc(C(N)=O)c(Nc3ccc4ncccc4c3)n2)[C@H]1CO. The molecule has 0 radical (unpaired) electrons. The van der Waals surface area contributed by atoms with Crippen LogP contribution in [0.15, 0.2) is 42.7 Å². The van der Waals surface area contributed by atoms with Crippen LogP contribution >= 0.6 is 0 Å². The van der Waals surface area contributed by atoms with E-state index in [-0.39, 0.29) is 30.2 Å². The van der Waals surface area contributed by atoms with E-state index in [1.807, 2.05) is 35.2 Å². The second-order valence-electron chi connectivity index (χ2n) is 8.36. The number of fused-ring (bicyclic) bond motifs is 1. The molecule has 1 saturated heterocycles. The van der Waals surface area contributed by atoms with Crippen molar-refractivity contribution in [1.82, 2.24) is 25.2 Å². The van der Waals surface area contributed by atoms with Crippen molar-refractivity contribution in [3.05, 3.63) is 48.4 Å². The number of rotatable bonds is 6. The summed E-state index contributed by atoms with van der Waals surface area (Å²) in [7, 11) is 3.33. The van der Waals surface area contributed by atoms with Crippen molar-refractivity contribution in [2.24, 2.45) is 5.73 Å². The van der Waals surface area contributed by atoms with Crippen LogP contribution in [-0.4, -0.2) is 76.2 Å². The van der Waals surface area contributed by atoms with Crippen LogP contribution in [-0.2, 0) is 0 Å². The van der Waals surface area contributed by atoms with Gasteiger partial charge in [-0.25, -0.2) is 14.8 Å². The number of nitrogens with zero attached hydrogens (tertiary/aromatic N) is 5. The molecule has 178 valence electrons. The van der Waals surface area contributed by atoms with Gasteiger partial charge in [0.1, 0.15) is 5.82 Å². The van der Waals surface area contributed by atoms with Gasteiger partial charge in [0.05, 0.1) is 30.4 Å². The van der Waals surface area contributed by atoms with Gasteiger partial charge in [0.25, 0.3) is 5.91 Å². The molecule has 3 heterocycles. The lowest BCUT2D eigenvalue weighted by atomic mass is 9.96. The van der Waals surface area contributed by atoms with Crippen molar-refractivity contribution in [3.8, 4) is 0 Å². The molecule has 2 atom stereocenters. The minimum Gasteiger partial charge on any atom is -0.394 e. The maximum Gasteiger partial charge on any atom is 0.317 e. The van der Waals surface area contributed by atoms with E-state index in [1.165, 1.54) is 11.1 Å². The molecule has 0 unspecified atom stereocenters. The lowest BCUT2D eigenvalue weighted by molar-refractivity contribution is 0.0996. The van der Waals surface area contributed by atoms with Gasteiger partial charge in [-0.2, -0.15) is 0 Å². The van der Waals surface area contributed by atoms with Crippen LogP contribution in [0.1, 0.15) is 23.3 Å².